The second-order valence-electron chi connectivity index (χ2n) is 28.3. The van der Waals surface area contributed by atoms with Crippen LogP contribution >= 0.6 is 0 Å². The van der Waals surface area contributed by atoms with Crippen molar-refractivity contribution in [2.75, 3.05) is 6.61 Å². The molecule has 17 saturated heterocycles. The molecule has 0 amide bonds. The first-order valence-corrected chi connectivity index (χ1v) is 31.5. The number of esters is 1. The van der Waals surface area contributed by atoms with E-state index in [9.17, 15) is 20.1 Å². The Kier molecular flexibility index (Phi) is 13.4. The lowest BCUT2D eigenvalue weighted by atomic mass is 9.78. The van der Waals surface area contributed by atoms with E-state index in [0.29, 0.717) is 77.0 Å². The maximum absolute atomic E-state index is 14.6. The number of hydrogen-bond donors (Lipinski definition) is 3. The molecule has 3 N–H and O–H groups in total. The summed E-state index contributed by atoms with van der Waals surface area (Å²) in [6.45, 7) is 17.5. The van der Waals surface area contributed by atoms with Crippen molar-refractivity contribution in [1.29, 1.82) is 0 Å². The maximum Gasteiger partial charge on any atom is 0.308 e. The Labute approximate surface area is 474 Å². The summed E-state index contributed by atoms with van der Waals surface area (Å²) in [5.74, 6) is -4.57. The number of aliphatic hydroxyl groups excluding tert-OH is 2. The average molecular weight is 1140 g/mol. The fourth-order valence-electron chi connectivity index (χ4n) is 18.9. The second-order valence-corrected chi connectivity index (χ2v) is 28.3. The molecule has 0 radical (unpaired) electrons. The molecule has 17 fully saturated rings. The van der Waals surface area contributed by atoms with Crippen LogP contribution in [0.4, 0.5) is 0 Å². The van der Waals surface area contributed by atoms with Crippen molar-refractivity contribution in [1.82, 2.24) is 0 Å². The summed E-state index contributed by atoms with van der Waals surface area (Å²) >= 11 is 0. The highest BCUT2D eigenvalue weighted by molar-refractivity contribution is 5.70. The van der Waals surface area contributed by atoms with Gasteiger partial charge < -0.3 is 91.1 Å². The van der Waals surface area contributed by atoms with Gasteiger partial charge in [0.05, 0.1) is 129 Å². The summed E-state index contributed by atoms with van der Waals surface area (Å²) < 4.78 is 110. The summed E-state index contributed by atoms with van der Waals surface area (Å²) in [5, 5.41) is 31.9. The highest BCUT2D eigenvalue weighted by Gasteiger charge is 2.75. The van der Waals surface area contributed by atoms with Crippen molar-refractivity contribution in [3.63, 3.8) is 0 Å². The zero-order valence-corrected chi connectivity index (χ0v) is 47.4. The van der Waals surface area contributed by atoms with Crippen molar-refractivity contribution in [3.8, 4) is 0 Å². The van der Waals surface area contributed by atoms with Gasteiger partial charge in [-0.2, -0.15) is 0 Å². The smallest absolute Gasteiger partial charge is 0.308 e. The fraction of sp³-hybridized carbons (Fsp3) is 0.918. The molecule has 20 nitrogen and oxygen atoms in total. The standard InChI is InChI=1S/C61H86O20/c1-26-13-32-7-9-36-27(2)14-34(66-36)11-12-58-25-61(65)57(81-58)56-55(80-61)54(79-58)53-37(71-56)10-8-33(68-53)15-48(64)74-52-31(6)51-44(70-43(52)16-38(67-32)30(26)5)19-42-46(73-51)22-60(75-42)23-47-50(78-60)29(4)21-59(77-47)20-28(3)49-45(76-59)18-40-41(72-49)17-39(69-40)35(63)24-62/h26,28-29,31-47,49-57,62-63,65H,2,5,7-25H2,1,3-4,6H3/t26-,28+,29+,31+,32+,33?,34?,35?,36+,37?,38?,39?,40-,41?,42-,43+,44+,45?,46-,47?,49?,50?,51+,52?,53+,54?,55?,56?,57?,58-,59-,60+,61?/m1/s1. The van der Waals surface area contributed by atoms with Crippen molar-refractivity contribution in [2.24, 2.45) is 23.7 Å². The molecular formula is C61H86O20. The molecule has 17 aliphatic rings. The van der Waals surface area contributed by atoms with Crippen LogP contribution in [0.25, 0.3) is 0 Å². The molecule has 17 rings (SSSR count). The lowest BCUT2D eigenvalue weighted by molar-refractivity contribution is -0.369. The number of aliphatic hydroxyl groups is 3. The predicted molar refractivity (Wildman–Crippen MR) is 278 cm³/mol. The van der Waals surface area contributed by atoms with Gasteiger partial charge in [0.25, 0.3) is 0 Å². The summed E-state index contributed by atoms with van der Waals surface area (Å²) in [5.41, 5.74) is 2.09. The minimum atomic E-state index is -1.54. The first-order valence-electron chi connectivity index (χ1n) is 31.5. The minimum Gasteiger partial charge on any atom is -0.459 e. The van der Waals surface area contributed by atoms with Gasteiger partial charge in [0.2, 0.25) is 5.79 Å². The van der Waals surface area contributed by atoms with Crippen LogP contribution in [0, 0.1) is 23.7 Å². The fourth-order valence-corrected chi connectivity index (χ4v) is 18.9. The van der Waals surface area contributed by atoms with Crippen molar-refractivity contribution in [3.05, 3.63) is 24.3 Å². The van der Waals surface area contributed by atoms with E-state index in [1.165, 1.54) is 0 Å². The van der Waals surface area contributed by atoms with E-state index in [1.807, 2.05) is 0 Å². The van der Waals surface area contributed by atoms with Crippen LogP contribution in [0.15, 0.2) is 24.3 Å². The molecular weight excluding hydrogens is 1050 g/mol. The van der Waals surface area contributed by atoms with E-state index in [-0.39, 0.29) is 135 Å². The third-order valence-electron chi connectivity index (χ3n) is 22.7. The van der Waals surface area contributed by atoms with Gasteiger partial charge in [0.1, 0.15) is 42.7 Å². The number of fused-ring (bicyclic) bond motifs is 11. The van der Waals surface area contributed by atoms with Crippen LogP contribution < -0.4 is 0 Å². The molecule has 0 aromatic rings. The van der Waals surface area contributed by atoms with Crippen molar-refractivity contribution >= 4 is 5.97 Å². The molecule has 17 unspecified atom stereocenters. The van der Waals surface area contributed by atoms with E-state index < -0.39 is 90.3 Å². The molecule has 0 saturated carbocycles. The monoisotopic (exact) mass is 1140 g/mol. The number of rotatable bonds is 2. The molecule has 20 heteroatoms. The van der Waals surface area contributed by atoms with Crippen molar-refractivity contribution in [2.45, 2.75) is 319 Å². The maximum atomic E-state index is 14.6. The average Bonchev–Trinajstić information content (AvgIpc) is 4.14. The molecule has 17 heterocycles. The Morgan fingerprint density at radius 3 is 2.05 bits per heavy atom. The molecule has 0 aromatic heterocycles. The highest BCUT2D eigenvalue weighted by atomic mass is 16.8. The van der Waals surface area contributed by atoms with Crippen LogP contribution in [-0.2, 0) is 80.6 Å². The number of ether oxygens (including phenoxy) is 16. The Hall–Kier alpha value is -1.77. The Morgan fingerprint density at radius 2 is 1.20 bits per heavy atom. The van der Waals surface area contributed by atoms with E-state index in [0.717, 1.165) is 36.8 Å². The van der Waals surface area contributed by atoms with E-state index in [2.05, 4.69) is 40.9 Å². The van der Waals surface area contributed by atoms with Gasteiger partial charge >= 0.3 is 5.97 Å². The van der Waals surface area contributed by atoms with Crippen molar-refractivity contribution < 1.29 is 95.9 Å². The third-order valence-corrected chi connectivity index (χ3v) is 22.7. The van der Waals surface area contributed by atoms with E-state index in [4.69, 9.17) is 75.8 Å². The SMILES string of the molecule is C=C1C2C[C@@H]3O[C@H]4C[C@H]5O[C@@]6(CC7O[C@]8(C[C@H](C)C9OC%10CC(C(O)CO)O[C@@H]%10CC9O8)C[C@H](C)C7O6)C[C@H]5O[C@H]4[C@H](C)C3OC(=O)CC3CCC4OC5C6OC7(O)C[C@](CCC8CC(=C)[C@H](CC[C@@H](C[C@H]1C)O2)O8)(OC6[C@H]4O3)OC57. The summed E-state index contributed by atoms with van der Waals surface area (Å²) in [7, 11) is 0. The zero-order valence-electron chi connectivity index (χ0n) is 47.4. The van der Waals surface area contributed by atoms with Crippen LogP contribution in [0.3, 0.4) is 0 Å². The number of carbonyl (C=O) groups is 1. The quantitative estimate of drug-likeness (QED) is 0.253. The molecule has 81 heavy (non-hydrogen) atoms. The van der Waals surface area contributed by atoms with Gasteiger partial charge in [0, 0.05) is 63.7 Å². The van der Waals surface area contributed by atoms with Crippen LogP contribution in [0.5, 0.6) is 0 Å². The third kappa shape index (κ3) is 9.12. The summed E-state index contributed by atoms with van der Waals surface area (Å²) in [6, 6.07) is 0. The Bertz CT molecular complexity index is 2470. The van der Waals surface area contributed by atoms with Gasteiger partial charge in [-0.15, -0.1) is 0 Å². The summed E-state index contributed by atoms with van der Waals surface area (Å²) in [6.07, 6.45) is 0.905. The Balaban J connectivity index is 0.630. The molecule has 0 aromatic carbocycles. The van der Waals surface area contributed by atoms with Gasteiger partial charge in [-0.05, 0) is 73.8 Å². The second kappa shape index (κ2) is 19.9. The molecule has 0 aliphatic carbocycles. The minimum absolute atomic E-state index is 0.0214. The number of carbonyl (C=O) groups excluding carboxylic acids is 1. The molecule has 12 bridgehead atoms. The van der Waals surface area contributed by atoms with Gasteiger partial charge in [-0.25, -0.2) is 0 Å². The lowest BCUT2D eigenvalue weighted by Gasteiger charge is -2.54. The molecule has 33 atom stereocenters. The van der Waals surface area contributed by atoms with Crippen LogP contribution in [0.1, 0.15) is 143 Å². The zero-order chi connectivity index (χ0) is 55.2. The normalized spacial score (nSPS) is 59.3. The first-order chi connectivity index (χ1) is 38.9. The van der Waals surface area contributed by atoms with Gasteiger partial charge in [-0.3, -0.25) is 4.79 Å². The topological polar surface area (TPSA) is 225 Å². The van der Waals surface area contributed by atoms with Crippen LogP contribution in [0.2, 0.25) is 0 Å². The molecule has 3 spiro atoms. The van der Waals surface area contributed by atoms with Gasteiger partial charge in [-0.1, -0.05) is 40.9 Å². The largest absolute Gasteiger partial charge is 0.459 e. The molecule has 17 aliphatic heterocycles. The summed E-state index contributed by atoms with van der Waals surface area (Å²) in [4.78, 5) is 14.6. The number of hydrogen-bond acceptors (Lipinski definition) is 20. The van der Waals surface area contributed by atoms with E-state index >= 15 is 0 Å². The molecule has 450 valence electrons. The van der Waals surface area contributed by atoms with Gasteiger partial charge in [0.15, 0.2) is 17.4 Å². The lowest BCUT2D eigenvalue weighted by Crippen LogP contribution is -2.62. The van der Waals surface area contributed by atoms with E-state index in [1.54, 1.807) is 0 Å². The predicted octanol–water partition coefficient (Wildman–Crippen LogP) is 4.65. The Morgan fingerprint density at radius 1 is 0.519 bits per heavy atom. The highest BCUT2D eigenvalue weighted by Crippen LogP contribution is 2.60. The first kappa shape index (κ1) is 54.6. The van der Waals surface area contributed by atoms with Crippen LogP contribution in [-0.4, -0.2) is 204 Å².